The second-order valence-electron chi connectivity index (χ2n) is 8.09. The van der Waals surface area contributed by atoms with Gasteiger partial charge in [-0.15, -0.1) is 0 Å². The minimum atomic E-state index is -0.0894. The number of ether oxygens (including phenoxy) is 2. The Morgan fingerprint density at radius 1 is 1.07 bits per heavy atom. The molecule has 5 nitrogen and oxygen atoms in total. The van der Waals surface area contributed by atoms with Gasteiger partial charge in [0.2, 0.25) is 5.88 Å². The van der Waals surface area contributed by atoms with Gasteiger partial charge in [-0.1, -0.05) is 25.0 Å². The first-order chi connectivity index (χ1) is 14.1. The monoisotopic (exact) mass is 413 g/mol. The van der Waals surface area contributed by atoms with Crippen molar-refractivity contribution in [3.8, 4) is 5.88 Å². The maximum absolute atomic E-state index is 5.90. The number of benzene rings is 1. The Morgan fingerprint density at radius 3 is 2.48 bits per heavy atom. The predicted octanol–water partition coefficient (Wildman–Crippen LogP) is 4.66. The van der Waals surface area contributed by atoms with E-state index in [4.69, 9.17) is 14.5 Å². The summed E-state index contributed by atoms with van der Waals surface area (Å²) in [6.07, 6.45) is 6.71. The van der Waals surface area contributed by atoms with Crippen LogP contribution < -0.4 is 9.46 Å². The number of fused-ring (bicyclic) bond motifs is 1. The highest BCUT2D eigenvalue weighted by molar-refractivity contribution is 8.00. The van der Waals surface area contributed by atoms with E-state index in [2.05, 4.69) is 47.0 Å². The van der Waals surface area contributed by atoms with Crippen molar-refractivity contribution in [3.63, 3.8) is 0 Å². The van der Waals surface area contributed by atoms with Crippen LogP contribution in [0.2, 0.25) is 0 Å². The molecule has 1 aromatic heterocycles. The number of rotatable bonds is 6. The van der Waals surface area contributed by atoms with Crippen LogP contribution in [-0.4, -0.2) is 44.2 Å². The molecule has 2 aromatic rings. The van der Waals surface area contributed by atoms with Gasteiger partial charge in [0, 0.05) is 37.2 Å². The van der Waals surface area contributed by atoms with Gasteiger partial charge < -0.3 is 19.1 Å². The van der Waals surface area contributed by atoms with Gasteiger partial charge in [-0.25, -0.2) is 4.98 Å². The summed E-state index contributed by atoms with van der Waals surface area (Å²) in [5.41, 5.74) is 4.61. The SMILES string of the molecule is COc1nc2c(cc1NSc1ccc(C3(OC)CCCC3)cc1)CCN(C)CC2. The van der Waals surface area contributed by atoms with Gasteiger partial charge in [0.15, 0.2) is 0 Å². The Balaban J connectivity index is 1.47. The number of hydrogen-bond donors (Lipinski definition) is 1. The molecular formula is C23H31N3O2S. The number of aromatic nitrogens is 1. The Hall–Kier alpha value is -1.76. The summed E-state index contributed by atoms with van der Waals surface area (Å²) < 4.78 is 14.9. The Morgan fingerprint density at radius 2 is 1.79 bits per heavy atom. The van der Waals surface area contributed by atoms with Crippen molar-refractivity contribution < 1.29 is 9.47 Å². The molecule has 6 heteroatoms. The van der Waals surface area contributed by atoms with E-state index in [9.17, 15) is 0 Å². The standard InChI is InChI=1S/C23H31N3O2S/c1-26-14-10-17-16-21(22(27-2)24-20(17)11-15-26)25-29-19-8-6-18(7-9-19)23(28-3)12-4-5-13-23/h6-9,16,25H,4-5,10-15H2,1-3H3. The van der Waals surface area contributed by atoms with E-state index in [1.54, 1.807) is 19.1 Å². The molecule has 29 heavy (non-hydrogen) atoms. The molecule has 1 fully saturated rings. The zero-order chi connectivity index (χ0) is 20.3. The Bertz CT molecular complexity index is 835. The fraction of sp³-hybridized carbons (Fsp3) is 0.522. The van der Waals surface area contributed by atoms with Gasteiger partial charge in [-0.05, 0) is 67.6 Å². The summed E-state index contributed by atoms with van der Waals surface area (Å²) in [5, 5.41) is 0. The topological polar surface area (TPSA) is 46.6 Å². The summed E-state index contributed by atoms with van der Waals surface area (Å²) in [5.74, 6) is 0.668. The highest BCUT2D eigenvalue weighted by atomic mass is 32.2. The van der Waals surface area contributed by atoms with Crippen LogP contribution in [0.4, 0.5) is 5.69 Å². The first-order valence-electron chi connectivity index (χ1n) is 10.5. The molecule has 0 unspecified atom stereocenters. The van der Waals surface area contributed by atoms with E-state index < -0.39 is 0 Å². The fourth-order valence-corrected chi connectivity index (χ4v) is 5.10. The van der Waals surface area contributed by atoms with Crippen molar-refractivity contribution in [2.24, 2.45) is 0 Å². The van der Waals surface area contributed by atoms with Gasteiger partial charge in [0.05, 0.1) is 12.7 Å². The van der Waals surface area contributed by atoms with Gasteiger partial charge >= 0.3 is 0 Å². The zero-order valence-corrected chi connectivity index (χ0v) is 18.5. The minimum absolute atomic E-state index is 0.0894. The first kappa shape index (κ1) is 20.5. The largest absolute Gasteiger partial charge is 0.479 e. The first-order valence-corrected chi connectivity index (χ1v) is 11.3. The molecule has 1 aliphatic carbocycles. The van der Waals surface area contributed by atoms with E-state index in [0.29, 0.717) is 5.88 Å². The number of anilines is 1. The molecule has 1 saturated carbocycles. The minimum Gasteiger partial charge on any atom is -0.479 e. The van der Waals surface area contributed by atoms with Gasteiger partial charge in [-0.2, -0.15) is 0 Å². The molecule has 4 rings (SSSR count). The molecule has 156 valence electrons. The molecule has 1 aromatic carbocycles. The molecule has 0 bridgehead atoms. The van der Waals surface area contributed by atoms with Crippen LogP contribution in [0.25, 0.3) is 0 Å². The number of nitrogens with one attached hydrogen (secondary N) is 1. The summed E-state index contributed by atoms with van der Waals surface area (Å²) in [6.45, 7) is 2.11. The lowest BCUT2D eigenvalue weighted by molar-refractivity contribution is -0.00873. The molecule has 0 radical (unpaired) electrons. The maximum Gasteiger partial charge on any atom is 0.238 e. The normalized spacial score (nSPS) is 18.9. The quantitative estimate of drug-likeness (QED) is 0.695. The fourth-order valence-electron chi connectivity index (χ4n) is 4.45. The molecule has 0 amide bonds. The molecular weight excluding hydrogens is 382 g/mol. The number of hydrogen-bond acceptors (Lipinski definition) is 6. The third-order valence-electron chi connectivity index (χ3n) is 6.30. The van der Waals surface area contributed by atoms with Crippen LogP contribution in [0.1, 0.15) is 42.5 Å². The van der Waals surface area contributed by atoms with E-state index in [1.807, 2.05) is 7.11 Å². The molecule has 1 aliphatic heterocycles. The lowest BCUT2D eigenvalue weighted by Crippen LogP contribution is -2.24. The van der Waals surface area contributed by atoms with Crippen LogP contribution in [0.3, 0.4) is 0 Å². The van der Waals surface area contributed by atoms with Crippen LogP contribution in [0, 0.1) is 0 Å². The summed E-state index contributed by atoms with van der Waals surface area (Å²) in [7, 11) is 5.69. The number of likely N-dealkylation sites (N-methyl/N-ethyl adjacent to an activating group) is 1. The molecule has 1 N–H and O–H groups in total. The summed E-state index contributed by atoms with van der Waals surface area (Å²) in [6, 6.07) is 11.0. The lowest BCUT2D eigenvalue weighted by atomic mass is 9.92. The summed E-state index contributed by atoms with van der Waals surface area (Å²) >= 11 is 1.60. The smallest absolute Gasteiger partial charge is 0.238 e. The third-order valence-corrected chi connectivity index (χ3v) is 7.13. The lowest BCUT2D eigenvalue weighted by Gasteiger charge is -2.28. The number of methoxy groups -OCH3 is 2. The third kappa shape index (κ3) is 4.39. The summed E-state index contributed by atoms with van der Waals surface area (Å²) in [4.78, 5) is 8.30. The maximum atomic E-state index is 5.90. The predicted molar refractivity (Wildman–Crippen MR) is 119 cm³/mol. The van der Waals surface area contributed by atoms with Crippen LogP contribution in [0.15, 0.2) is 35.2 Å². The zero-order valence-electron chi connectivity index (χ0n) is 17.7. The van der Waals surface area contributed by atoms with Gasteiger partial charge in [0.25, 0.3) is 0 Å². The Labute approximate surface area is 178 Å². The van der Waals surface area contributed by atoms with Crippen LogP contribution >= 0.6 is 11.9 Å². The second kappa shape index (κ2) is 8.94. The van der Waals surface area contributed by atoms with Crippen molar-refractivity contribution in [3.05, 3.63) is 47.2 Å². The van der Waals surface area contributed by atoms with Crippen molar-refractivity contribution in [2.75, 3.05) is 39.1 Å². The van der Waals surface area contributed by atoms with Crippen molar-refractivity contribution in [2.45, 2.75) is 49.0 Å². The van der Waals surface area contributed by atoms with Crippen LogP contribution in [0.5, 0.6) is 5.88 Å². The Kier molecular flexibility index (Phi) is 6.32. The highest BCUT2D eigenvalue weighted by Gasteiger charge is 2.35. The average molecular weight is 414 g/mol. The van der Waals surface area contributed by atoms with Crippen molar-refractivity contribution in [1.29, 1.82) is 0 Å². The van der Waals surface area contributed by atoms with Crippen molar-refractivity contribution in [1.82, 2.24) is 9.88 Å². The molecule has 2 aliphatic rings. The molecule has 2 heterocycles. The molecule has 0 saturated heterocycles. The van der Waals surface area contributed by atoms with Gasteiger partial charge in [0.1, 0.15) is 5.69 Å². The van der Waals surface area contributed by atoms with Crippen LogP contribution in [-0.2, 0) is 23.2 Å². The highest BCUT2D eigenvalue weighted by Crippen LogP contribution is 2.42. The average Bonchev–Trinajstić information content (AvgIpc) is 3.18. The van der Waals surface area contributed by atoms with E-state index in [0.717, 1.165) is 55.0 Å². The van der Waals surface area contributed by atoms with Crippen molar-refractivity contribution >= 4 is 17.6 Å². The molecule has 0 atom stereocenters. The van der Waals surface area contributed by atoms with Gasteiger partial charge in [-0.3, -0.25) is 0 Å². The number of nitrogens with zero attached hydrogens (tertiary/aromatic N) is 2. The number of pyridine rings is 1. The van der Waals surface area contributed by atoms with E-state index in [-0.39, 0.29) is 5.60 Å². The molecule has 0 spiro atoms. The van der Waals surface area contributed by atoms with E-state index in [1.165, 1.54) is 24.0 Å². The second-order valence-corrected chi connectivity index (χ2v) is 8.97. The van der Waals surface area contributed by atoms with E-state index >= 15 is 0 Å².